The van der Waals surface area contributed by atoms with Gasteiger partial charge in [0.05, 0.1) is 7.05 Å². The highest BCUT2D eigenvalue weighted by Gasteiger charge is 2.16. The number of nitrogens with zero attached hydrogens (tertiary/aromatic N) is 1. The fourth-order valence-corrected chi connectivity index (χ4v) is 3.74. The Morgan fingerprint density at radius 3 is 2.03 bits per heavy atom. The maximum atomic E-state index is 12.4. The Morgan fingerprint density at radius 1 is 0.897 bits per heavy atom. The second-order valence-electron chi connectivity index (χ2n) is 7.91. The monoisotopic (exact) mass is 395 g/mol. The van der Waals surface area contributed by atoms with Gasteiger partial charge >= 0.3 is 0 Å². The summed E-state index contributed by atoms with van der Waals surface area (Å²) in [4.78, 5) is 27.9. The molecule has 1 aliphatic heterocycles. The van der Waals surface area contributed by atoms with Gasteiger partial charge in [0, 0.05) is 30.2 Å². The molecule has 2 aromatic rings. The summed E-state index contributed by atoms with van der Waals surface area (Å²) in [7, 11) is 1.85. The van der Waals surface area contributed by atoms with Crippen LogP contribution in [0.3, 0.4) is 0 Å². The Kier molecular flexibility index (Phi) is 6.88. The van der Waals surface area contributed by atoms with Crippen molar-refractivity contribution < 1.29 is 14.5 Å². The second kappa shape index (κ2) is 9.56. The summed E-state index contributed by atoms with van der Waals surface area (Å²) < 4.78 is 0. The van der Waals surface area contributed by atoms with E-state index in [0.717, 1.165) is 40.5 Å². The highest BCUT2D eigenvalue weighted by atomic mass is 16.2. The van der Waals surface area contributed by atoms with Gasteiger partial charge in [0.1, 0.15) is 0 Å². The van der Waals surface area contributed by atoms with Crippen LogP contribution in [-0.4, -0.2) is 45.0 Å². The van der Waals surface area contributed by atoms with Crippen LogP contribution in [0.15, 0.2) is 42.5 Å². The third-order valence-electron chi connectivity index (χ3n) is 5.29. The van der Waals surface area contributed by atoms with Crippen LogP contribution in [-0.2, 0) is 9.59 Å². The lowest BCUT2D eigenvalue weighted by atomic mass is 10.1. The molecule has 1 aliphatic rings. The fraction of sp³-hybridized carbons (Fsp3) is 0.391. The van der Waals surface area contributed by atoms with Crippen molar-refractivity contribution in [1.82, 2.24) is 0 Å². The van der Waals surface area contributed by atoms with Gasteiger partial charge in [-0.2, -0.15) is 0 Å². The first-order valence-electron chi connectivity index (χ1n) is 10.2. The van der Waals surface area contributed by atoms with Gasteiger partial charge in [-0.15, -0.1) is 0 Å². The minimum absolute atomic E-state index is 0.0948. The summed E-state index contributed by atoms with van der Waals surface area (Å²) in [6.07, 6.45) is 2.48. The third-order valence-corrected chi connectivity index (χ3v) is 5.29. The maximum Gasteiger partial charge on any atom is 0.279 e. The van der Waals surface area contributed by atoms with E-state index in [4.69, 9.17) is 0 Å². The molecule has 6 heteroatoms. The molecule has 0 spiro atoms. The lowest BCUT2D eigenvalue weighted by molar-refractivity contribution is -0.862. The van der Waals surface area contributed by atoms with E-state index in [1.54, 1.807) is 0 Å². The quantitative estimate of drug-likeness (QED) is 0.672. The first-order chi connectivity index (χ1) is 13.9. The molecule has 0 saturated carbocycles. The van der Waals surface area contributed by atoms with E-state index in [1.165, 1.54) is 18.5 Å². The van der Waals surface area contributed by atoms with E-state index in [9.17, 15) is 9.59 Å². The van der Waals surface area contributed by atoms with Crippen LogP contribution in [0.2, 0.25) is 0 Å². The Balaban J connectivity index is 1.46. The number of rotatable bonds is 7. The van der Waals surface area contributed by atoms with E-state index >= 15 is 0 Å². The number of carbonyl (C=O) groups excluding carboxylic acids is 2. The topological polar surface area (TPSA) is 65.9 Å². The number of aryl methyl sites for hydroxylation is 2. The van der Waals surface area contributed by atoms with Gasteiger partial charge in [-0.3, -0.25) is 9.59 Å². The number of para-hydroxylation sites is 1. The summed E-state index contributed by atoms with van der Waals surface area (Å²) in [5, 5.41) is 5.89. The average Bonchev–Trinajstić information content (AvgIpc) is 3.20. The van der Waals surface area contributed by atoms with E-state index in [0.29, 0.717) is 0 Å². The van der Waals surface area contributed by atoms with Crippen LogP contribution in [0.25, 0.3) is 0 Å². The average molecular weight is 396 g/mol. The molecule has 2 amide bonds. The number of amides is 2. The Morgan fingerprint density at radius 2 is 1.45 bits per heavy atom. The Bertz CT molecular complexity index is 837. The molecule has 1 heterocycles. The zero-order valence-electron chi connectivity index (χ0n) is 17.5. The van der Waals surface area contributed by atoms with E-state index in [1.807, 2.05) is 51.2 Å². The Hall–Kier alpha value is -2.86. The molecule has 6 nitrogen and oxygen atoms in total. The first kappa shape index (κ1) is 20.9. The highest BCUT2D eigenvalue weighted by Crippen LogP contribution is 2.22. The largest absolute Gasteiger partial charge is 0.372 e. The van der Waals surface area contributed by atoms with E-state index < -0.39 is 0 Å². The van der Waals surface area contributed by atoms with Gasteiger partial charge in [0.15, 0.2) is 13.1 Å². The molecular weight excluding hydrogens is 364 g/mol. The molecule has 154 valence electrons. The summed E-state index contributed by atoms with van der Waals surface area (Å²) in [5.41, 5.74) is 4.90. The molecule has 29 heavy (non-hydrogen) atoms. The van der Waals surface area contributed by atoms with Crippen LogP contribution in [0, 0.1) is 13.8 Å². The van der Waals surface area contributed by atoms with Crippen molar-refractivity contribution in [3.8, 4) is 0 Å². The summed E-state index contributed by atoms with van der Waals surface area (Å²) in [6.45, 7) is 6.61. The molecular formula is C23H31N4O2+. The van der Waals surface area contributed by atoms with Crippen molar-refractivity contribution >= 4 is 28.9 Å². The zero-order valence-corrected chi connectivity index (χ0v) is 17.5. The van der Waals surface area contributed by atoms with Crippen LogP contribution >= 0.6 is 0 Å². The first-order valence-corrected chi connectivity index (χ1v) is 10.2. The number of carbonyl (C=O) groups is 2. The predicted molar refractivity (Wildman–Crippen MR) is 118 cm³/mol. The number of anilines is 3. The molecule has 0 bridgehead atoms. The number of hydrogen-bond donors (Lipinski definition) is 3. The molecule has 3 N–H and O–H groups in total. The van der Waals surface area contributed by atoms with Crippen molar-refractivity contribution in [2.45, 2.75) is 26.7 Å². The van der Waals surface area contributed by atoms with Gasteiger partial charge < -0.3 is 20.4 Å². The summed E-state index contributed by atoms with van der Waals surface area (Å²) in [5.74, 6) is -0.195. The Labute approximate surface area is 172 Å². The maximum absolute atomic E-state index is 12.4. The molecule has 1 fully saturated rings. The van der Waals surface area contributed by atoms with E-state index in [2.05, 4.69) is 27.7 Å². The minimum Gasteiger partial charge on any atom is -0.372 e. The number of nitrogens with one attached hydrogen (secondary N) is 3. The highest BCUT2D eigenvalue weighted by molar-refractivity contribution is 5.94. The number of benzene rings is 2. The molecule has 0 radical (unpaired) electrons. The summed E-state index contributed by atoms with van der Waals surface area (Å²) in [6, 6.07) is 13.9. The smallest absolute Gasteiger partial charge is 0.279 e. The SMILES string of the molecule is Cc1cccc(C)c1NC(=O)C[NH+](C)CC(=O)Nc1ccc(N2CCCC2)cc1. The van der Waals surface area contributed by atoms with Gasteiger partial charge in [-0.1, -0.05) is 18.2 Å². The lowest BCUT2D eigenvalue weighted by Crippen LogP contribution is -3.11. The molecule has 2 aromatic carbocycles. The van der Waals surface area contributed by atoms with Crippen LogP contribution in [0.4, 0.5) is 17.1 Å². The number of quaternary nitrogens is 1. The molecule has 0 aromatic heterocycles. The van der Waals surface area contributed by atoms with Crippen LogP contribution in [0.1, 0.15) is 24.0 Å². The third kappa shape index (κ3) is 5.81. The second-order valence-corrected chi connectivity index (χ2v) is 7.91. The lowest BCUT2D eigenvalue weighted by Gasteiger charge is -2.18. The number of hydrogen-bond acceptors (Lipinski definition) is 3. The van der Waals surface area contributed by atoms with Crippen LogP contribution in [0.5, 0.6) is 0 Å². The molecule has 1 unspecified atom stereocenters. The van der Waals surface area contributed by atoms with Crippen molar-refractivity contribution in [3.05, 3.63) is 53.6 Å². The van der Waals surface area contributed by atoms with Gasteiger partial charge in [0.25, 0.3) is 11.8 Å². The van der Waals surface area contributed by atoms with Gasteiger partial charge in [-0.25, -0.2) is 0 Å². The van der Waals surface area contributed by atoms with E-state index in [-0.39, 0.29) is 24.9 Å². The van der Waals surface area contributed by atoms with Crippen molar-refractivity contribution in [1.29, 1.82) is 0 Å². The van der Waals surface area contributed by atoms with Gasteiger partial charge in [0.2, 0.25) is 0 Å². The van der Waals surface area contributed by atoms with Crippen molar-refractivity contribution in [2.24, 2.45) is 0 Å². The predicted octanol–water partition coefficient (Wildman–Crippen LogP) is 2.00. The van der Waals surface area contributed by atoms with Crippen molar-refractivity contribution in [3.63, 3.8) is 0 Å². The standard InChI is InChI=1S/C23H30N4O2/c1-17-7-6-8-18(2)23(17)25-22(29)16-26(3)15-21(28)24-19-9-11-20(12-10-19)27-13-4-5-14-27/h6-12H,4-5,13-16H2,1-3H3,(H,24,28)(H,25,29)/p+1. The van der Waals surface area contributed by atoms with Gasteiger partial charge in [-0.05, 0) is 62.1 Å². The molecule has 3 rings (SSSR count). The normalized spacial score (nSPS) is 14.5. The zero-order chi connectivity index (χ0) is 20.8. The number of likely N-dealkylation sites (N-methyl/N-ethyl adjacent to an activating group) is 1. The minimum atomic E-state index is -0.101. The molecule has 0 aliphatic carbocycles. The van der Waals surface area contributed by atoms with Crippen LogP contribution < -0.4 is 20.4 Å². The molecule has 1 saturated heterocycles. The van der Waals surface area contributed by atoms with Crippen molar-refractivity contribution in [2.75, 3.05) is 48.8 Å². The fourth-order valence-electron chi connectivity index (χ4n) is 3.74. The molecule has 1 atom stereocenters. The summed E-state index contributed by atoms with van der Waals surface area (Å²) >= 11 is 0.